The van der Waals surface area contributed by atoms with E-state index in [1.54, 1.807) is 0 Å². The molecular weight excluding hydrogens is 483 g/mol. The SMILES string of the molecule is CC(C)(C)c1cc(Br)c2ccc3c(C(C)(C)C)cc(B4OC(C)(C)C(C)(C)O4)c4ccc1c2c43. The summed E-state index contributed by atoms with van der Waals surface area (Å²) < 4.78 is 14.3. The van der Waals surface area contributed by atoms with Gasteiger partial charge in [-0.1, -0.05) is 87.8 Å². The highest BCUT2D eigenvalue weighted by Crippen LogP contribution is 2.45. The molecule has 0 N–H and O–H groups in total. The molecule has 1 fully saturated rings. The van der Waals surface area contributed by atoms with Crippen LogP contribution in [-0.4, -0.2) is 18.3 Å². The van der Waals surface area contributed by atoms with Gasteiger partial charge in [0.15, 0.2) is 0 Å². The largest absolute Gasteiger partial charge is 0.495 e. The molecule has 4 aromatic carbocycles. The molecular formula is C30H36BBrO2. The average molecular weight is 519 g/mol. The van der Waals surface area contributed by atoms with Crippen LogP contribution in [0.2, 0.25) is 0 Å². The first kappa shape index (κ1) is 24.1. The third-order valence-electron chi connectivity index (χ3n) is 8.00. The second-order valence-electron chi connectivity index (χ2n) is 13.1. The van der Waals surface area contributed by atoms with E-state index in [1.165, 1.54) is 43.4 Å². The van der Waals surface area contributed by atoms with Crippen LogP contribution in [0.25, 0.3) is 32.3 Å². The van der Waals surface area contributed by atoms with Crippen LogP contribution in [0, 0.1) is 0 Å². The van der Waals surface area contributed by atoms with Gasteiger partial charge in [-0.2, -0.15) is 0 Å². The van der Waals surface area contributed by atoms with Crippen LogP contribution in [0.15, 0.2) is 40.9 Å². The van der Waals surface area contributed by atoms with Crippen LogP contribution in [0.1, 0.15) is 80.4 Å². The van der Waals surface area contributed by atoms with Crippen molar-refractivity contribution < 1.29 is 9.31 Å². The Morgan fingerprint density at radius 3 is 1.56 bits per heavy atom. The average Bonchev–Trinajstić information content (AvgIpc) is 2.92. The fourth-order valence-electron chi connectivity index (χ4n) is 5.38. The first-order chi connectivity index (χ1) is 15.5. The molecule has 0 aliphatic carbocycles. The topological polar surface area (TPSA) is 18.5 Å². The zero-order valence-electron chi connectivity index (χ0n) is 22.2. The van der Waals surface area contributed by atoms with Crippen molar-refractivity contribution in [2.75, 3.05) is 0 Å². The van der Waals surface area contributed by atoms with E-state index in [1.807, 2.05) is 0 Å². The molecule has 0 spiro atoms. The zero-order chi connectivity index (χ0) is 25.0. The molecule has 0 bridgehead atoms. The molecule has 0 unspecified atom stereocenters. The lowest BCUT2D eigenvalue weighted by Gasteiger charge is -2.32. The van der Waals surface area contributed by atoms with Crippen molar-refractivity contribution in [2.45, 2.75) is 91.3 Å². The summed E-state index contributed by atoms with van der Waals surface area (Å²) in [6, 6.07) is 13.8. The van der Waals surface area contributed by atoms with Crippen molar-refractivity contribution in [3.05, 3.63) is 52.0 Å². The Balaban J connectivity index is 1.95. The molecule has 0 aromatic heterocycles. The molecule has 0 saturated carbocycles. The summed E-state index contributed by atoms with van der Waals surface area (Å²) in [6.45, 7) is 22.3. The standard InChI is InChI=1S/C30H36BBrO2/c1-27(2,3)21-15-23(31-33-29(7,8)30(9,10)34-31)19-13-11-18-22(28(4,5)6)16-24(32)20-14-12-17(21)25(19)26(18)20/h11-16H,1-10H3. The normalized spacial score (nSPS) is 18.6. The molecule has 1 saturated heterocycles. The van der Waals surface area contributed by atoms with Gasteiger partial charge in [0.25, 0.3) is 0 Å². The highest BCUT2D eigenvalue weighted by molar-refractivity contribution is 9.10. The maximum atomic E-state index is 6.58. The lowest BCUT2D eigenvalue weighted by Crippen LogP contribution is -2.41. The van der Waals surface area contributed by atoms with E-state index in [2.05, 4.69) is 122 Å². The van der Waals surface area contributed by atoms with Crippen LogP contribution in [-0.2, 0) is 20.1 Å². The van der Waals surface area contributed by atoms with Crippen molar-refractivity contribution >= 4 is 60.8 Å². The maximum absolute atomic E-state index is 6.58. The van der Waals surface area contributed by atoms with Crippen molar-refractivity contribution in [3.63, 3.8) is 0 Å². The molecule has 1 heterocycles. The van der Waals surface area contributed by atoms with Gasteiger partial charge < -0.3 is 9.31 Å². The minimum absolute atomic E-state index is 0.0230. The third kappa shape index (κ3) is 3.44. The molecule has 1 aliphatic rings. The van der Waals surface area contributed by atoms with Gasteiger partial charge in [-0.05, 0) is 93.5 Å². The van der Waals surface area contributed by atoms with Gasteiger partial charge in [0, 0.05) is 4.47 Å². The van der Waals surface area contributed by atoms with Crippen LogP contribution in [0.3, 0.4) is 0 Å². The molecule has 4 heteroatoms. The monoisotopic (exact) mass is 518 g/mol. The molecule has 2 nitrogen and oxygen atoms in total. The lowest BCUT2D eigenvalue weighted by atomic mass is 9.70. The third-order valence-corrected chi connectivity index (χ3v) is 8.66. The number of halogens is 1. The smallest absolute Gasteiger partial charge is 0.399 e. The van der Waals surface area contributed by atoms with E-state index in [0.29, 0.717) is 0 Å². The maximum Gasteiger partial charge on any atom is 0.495 e. The minimum atomic E-state index is -0.402. The Morgan fingerprint density at radius 1 is 0.647 bits per heavy atom. The summed E-state index contributed by atoms with van der Waals surface area (Å²) in [5.74, 6) is 0. The summed E-state index contributed by atoms with van der Waals surface area (Å²) >= 11 is 3.91. The highest BCUT2D eigenvalue weighted by atomic mass is 79.9. The molecule has 0 radical (unpaired) electrons. The molecule has 0 atom stereocenters. The van der Waals surface area contributed by atoms with Crippen LogP contribution >= 0.6 is 15.9 Å². The van der Waals surface area contributed by atoms with E-state index < -0.39 is 7.12 Å². The second-order valence-corrected chi connectivity index (χ2v) is 13.9. The van der Waals surface area contributed by atoms with Gasteiger partial charge in [-0.3, -0.25) is 0 Å². The molecule has 1 aliphatic heterocycles. The van der Waals surface area contributed by atoms with Crippen molar-refractivity contribution in [1.82, 2.24) is 0 Å². The number of hydrogen-bond donors (Lipinski definition) is 0. The van der Waals surface area contributed by atoms with Gasteiger partial charge in [0.05, 0.1) is 11.2 Å². The molecule has 4 aromatic rings. The molecule has 0 amide bonds. The first-order valence-electron chi connectivity index (χ1n) is 12.3. The zero-order valence-corrected chi connectivity index (χ0v) is 23.8. The summed E-state index contributed by atoms with van der Waals surface area (Å²) in [4.78, 5) is 0. The first-order valence-corrected chi connectivity index (χ1v) is 13.1. The van der Waals surface area contributed by atoms with Gasteiger partial charge >= 0.3 is 7.12 Å². The predicted octanol–water partition coefficient (Wildman–Crippen LogP) is 8.24. The Hall–Kier alpha value is -1.62. The van der Waals surface area contributed by atoms with Crippen LogP contribution in [0.4, 0.5) is 0 Å². The number of benzene rings is 4. The fourth-order valence-corrected chi connectivity index (χ4v) is 5.94. The second kappa shape index (κ2) is 7.21. The molecule has 34 heavy (non-hydrogen) atoms. The van der Waals surface area contributed by atoms with E-state index in [0.717, 1.165) is 9.94 Å². The van der Waals surface area contributed by atoms with Crippen molar-refractivity contribution in [1.29, 1.82) is 0 Å². The van der Waals surface area contributed by atoms with Gasteiger partial charge in [0.1, 0.15) is 0 Å². The number of hydrogen-bond acceptors (Lipinski definition) is 2. The van der Waals surface area contributed by atoms with E-state index in [4.69, 9.17) is 9.31 Å². The summed E-state index contributed by atoms with van der Waals surface area (Å²) in [5, 5.41) is 7.77. The number of rotatable bonds is 1. The summed E-state index contributed by atoms with van der Waals surface area (Å²) in [5.41, 5.74) is 3.06. The Morgan fingerprint density at radius 2 is 1.06 bits per heavy atom. The van der Waals surface area contributed by atoms with Gasteiger partial charge in [-0.25, -0.2) is 0 Å². The van der Waals surface area contributed by atoms with Crippen molar-refractivity contribution in [2.24, 2.45) is 0 Å². The van der Waals surface area contributed by atoms with Gasteiger partial charge in [-0.15, -0.1) is 0 Å². The van der Waals surface area contributed by atoms with Crippen LogP contribution < -0.4 is 5.46 Å². The fraction of sp³-hybridized carbons (Fsp3) is 0.467. The van der Waals surface area contributed by atoms with Gasteiger partial charge in [0.2, 0.25) is 0 Å². The predicted molar refractivity (Wildman–Crippen MR) is 151 cm³/mol. The van der Waals surface area contributed by atoms with E-state index in [9.17, 15) is 0 Å². The Bertz CT molecular complexity index is 1420. The quantitative estimate of drug-likeness (QED) is 0.186. The van der Waals surface area contributed by atoms with Crippen molar-refractivity contribution in [3.8, 4) is 0 Å². The molecule has 178 valence electrons. The lowest BCUT2D eigenvalue weighted by molar-refractivity contribution is 0.00578. The molecule has 5 rings (SSSR count). The minimum Gasteiger partial charge on any atom is -0.399 e. The van der Waals surface area contributed by atoms with E-state index >= 15 is 0 Å². The highest BCUT2D eigenvalue weighted by Gasteiger charge is 2.52. The van der Waals surface area contributed by atoms with E-state index in [-0.39, 0.29) is 22.0 Å². The Kier molecular flexibility index (Phi) is 5.11. The van der Waals surface area contributed by atoms with Crippen LogP contribution in [0.5, 0.6) is 0 Å². The summed E-state index contributed by atoms with van der Waals surface area (Å²) in [6.07, 6.45) is 0. The summed E-state index contributed by atoms with van der Waals surface area (Å²) in [7, 11) is -0.402. The Labute approximate surface area is 213 Å².